The molecular formula is C5H6O5. The molecule has 10 heavy (non-hydrogen) atoms. The minimum absolute atomic E-state index is 0.885. The molecule has 5 heteroatoms. The van der Waals surface area contributed by atoms with E-state index in [1.807, 2.05) is 0 Å². The van der Waals surface area contributed by atoms with Crippen molar-refractivity contribution in [3.63, 3.8) is 0 Å². The summed E-state index contributed by atoms with van der Waals surface area (Å²) in [5.74, 6) is -1.38. The smallest absolute Gasteiger partial charge is 0.478 e. The molecule has 0 spiro atoms. The molecule has 0 aromatic rings. The average molecular weight is 146 g/mol. The zero-order valence-electron chi connectivity index (χ0n) is 4.98. The van der Waals surface area contributed by atoms with Crippen molar-refractivity contribution in [3.8, 4) is 0 Å². The van der Waals surface area contributed by atoms with E-state index in [0.717, 1.165) is 6.08 Å². The molecule has 0 saturated carbocycles. The van der Waals surface area contributed by atoms with Crippen molar-refractivity contribution in [1.29, 1.82) is 0 Å². The average Bonchev–Trinajstić information content (AvgIpc) is 1.81. The summed E-state index contributed by atoms with van der Waals surface area (Å²) >= 11 is 0. The van der Waals surface area contributed by atoms with E-state index in [9.17, 15) is 9.59 Å². The van der Waals surface area contributed by atoms with Crippen LogP contribution in [0.5, 0.6) is 0 Å². The number of carboxylic acids is 1. The Hall–Kier alpha value is -1.52. The van der Waals surface area contributed by atoms with Gasteiger partial charge in [-0.25, -0.2) is 9.59 Å². The fourth-order valence-corrected chi connectivity index (χ4v) is 0.308. The molecule has 0 aromatic heterocycles. The van der Waals surface area contributed by atoms with Gasteiger partial charge < -0.3 is 14.9 Å². The lowest BCUT2D eigenvalue weighted by molar-refractivity contribution is -0.145. The standard InChI is InChI=1S/C5H6O5/c1-2-3(4(6)7)10-5(8)9/h2-3H,1H2,(H,6,7)(H,8,9). The number of ether oxygens (including phenoxy) is 1. The van der Waals surface area contributed by atoms with Crippen LogP contribution in [0.1, 0.15) is 0 Å². The van der Waals surface area contributed by atoms with Crippen molar-refractivity contribution in [1.82, 2.24) is 0 Å². The van der Waals surface area contributed by atoms with E-state index >= 15 is 0 Å². The minimum Gasteiger partial charge on any atom is -0.478 e. The second-order valence-corrected chi connectivity index (χ2v) is 1.38. The van der Waals surface area contributed by atoms with Gasteiger partial charge >= 0.3 is 12.1 Å². The van der Waals surface area contributed by atoms with E-state index in [0.29, 0.717) is 0 Å². The molecule has 1 unspecified atom stereocenters. The van der Waals surface area contributed by atoms with Gasteiger partial charge in [-0.1, -0.05) is 6.58 Å². The van der Waals surface area contributed by atoms with E-state index < -0.39 is 18.2 Å². The van der Waals surface area contributed by atoms with Gasteiger partial charge in [0.2, 0.25) is 6.10 Å². The quantitative estimate of drug-likeness (QED) is 0.442. The van der Waals surface area contributed by atoms with Crippen LogP contribution >= 0.6 is 0 Å². The van der Waals surface area contributed by atoms with E-state index in [2.05, 4.69) is 11.3 Å². The summed E-state index contributed by atoms with van der Waals surface area (Å²) in [6, 6.07) is 0. The summed E-state index contributed by atoms with van der Waals surface area (Å²) in [6.07, 6.45) is -2.22. The van der Waals surface area contributed by atoms with E-state index in [4.69, 9.17) is 10.2 Å². The molecule has 0 amide bonds. The molecule has 0 bridgehead atoms. The molecule has 2 N–H and O–H groups in total. The molecule has 0 heterocycles. The Morgan fingerprint density at radius 2 is 2.00 bits per heavy atom. The van der Waals surface area contributed by atoms with Gasteiger partial charge in [-0.15, -0.1) is 0 Å². The van der Waals surface area contributed by atoms with Gasteiger partial charge in [0.25, 0.3) is 0 Å². The van der Waals surface area contributed by atoms with Gasteiger partial charge in [0.15, 0.2) is 0 Å². The molecule has 56 valence electrons. The highest BCUT2D eigenvalue weighted by Crippen LogP contribution is 1.92. The highest BCUT2D eigenvalue weighted by molar-refractivity contribution is 5.77. The molecule has 1 atom stereocenters. The fraction of sp³-hybridized carbons (Fsp3) is 0.200. The molecule has 0 radical (unpaired) electrons. The summed E-state index contributed by atoms with van der Waals surface area (Å²) in [6.45, 7) is 3.07. The maximum Gasteiger partial charge on any atom is 0.506 e. The second kappa shape index (κ2) is 3.49. The zero-order valence-corrected chi connectivity index (χ0v) is 4.98. The Morgan fingerprint density at radius 1 is 1.50 bits per heavy atom. The van der Waals surface area contributed by atoms with Crippen molar-refractivity contribution >= 4 is 12.1 Å². The van der Waals surface area contributed by atoms with Crippen LogP contribution in [0, 0.1) is 0 Å². The van der Waals surface area contributed by atoms with Crippen molar-refractivity contribution in [2.75, 3.05) is 0 Å². The normalized spacial score (nSPS) is 11.6. The van der Waals surface area contributed by atoms with Crippen molar-refractivity contribution < 1.29 is 24.5 Å². The number of hydrogen-bond donors (Lipinski definition) is 2. The molecule has 0 rings (SSSR count). The maximum absolute atomic E-state index is 10.0. The summed E-state index contributed by atoms with van der Waals surface area (Å²) in [5.41, 5.74) is 0. The topological polar surface area (TPSA) is 83.8 Å². The van der Waals surface area contributed by atoms with E-state index in [-0.39, 0.29) is 0 Å². The summed E-state index contributed by atoms with van der Waals surface area (Å²) < 4.78 is 3.86. The predicted octanol–water partition coefficient (Wildman–Crippen LogP) is 0.320. The highest BCUT2D eigenvalue weighted by Gasteiger charge is 2.16. The monoisotopic (exact) mass is 146 g/mol. The Bertz CT molecular complexity index is 161. The first-order valence-electron chi connectivity index (χ1n) is 2.33. The molecule has 0 aliphatic rings. The number of carbonyl (C=O) groups is 2. The Kier molecular flexibility index (Phi) is 2.96. The van der Waals surface area contributed by atoms with Crippen LogP contribution in [-0.2, 0) is 9.53 Å². The van der Waals surface area contributed by atoms with E-state index in [1.54, 1.807) is 0 Å². The first-order valence-corrected chi connectivity index (χ1v) is 2.33. The molecule has 0 aliphatic carbocycles. The largest absolute Gasteiger partial charge is 0.506 e. The van der Waals surface area contributed by atoms with Gasteiger partial charge in [-0.2, -0.15) is 0 Å². The van der Waals surface area contributed by atoms with Crippen LogP contribution in [-0.4, -0.2) is 28.4 Å². The molecule has 0 saturated heterocycles. The van der Waals surface area contributed by atoms with Crippen molar-refractivity contribution in [2.24, 2.45) is 0 Å². The van der Waals surface area contributed by atoms with Crippen molar-refractivity contribution in [3.05, 3.63) is 12.7 Å². The van der Waals surface area contributed by atoms with Gasteiger partial charge in [0.05, 0.1) is 0 Å². The van der Waals surface area contributed by atoms with Gasteiger partial charge in [-0.05, 0) is 6.08 Å². The van der Waals surface area contributed by atoms with Gasteiger partial charge in [-0.3, -0.25) is 0 Å². The molecule has 0 aliphatic heterocycles. The highest BCUT2D eigenvalue weighted by atomic mass is 16.7. The number of carboxylic acid groups (broad SMARTS) is 2. The lowest BCUT2D eigenvalue weighted by atomic mass is 10.4. The van der Waals surface area contributed by atoms with Crippen LogP contribution in [0.25, 0.3) is 0 Å². The first kappa shape index (κ1) is 8.48. The number of aliphatic carboxylic acids is 1. The van der Waals surface area contributed by atoms with Gasteiger partial charge in [0.1, 0.15) is 0 Å². The molecule has 0 aromatic carbocycles. The van der Waals surface area contributed by atoms with Crippen LogP contribution < -0.4 is 0 Å². The Balaban J connectivity index is 3.96. The lowest BCUT2D eigenvalue weighted by Gasteiger charge is -2.03. The van der Waals surface area contributed by atoms with Gasteiger partial charge in [0, 0.05) is 0 Å². The second-order valence-electron chi connectivity index (χ2n) is 1.38. The first-order chi connectivity index (χ1) is 4.57. The number of hydrogen-bond acceptors (Lipinski definition) is 3. The predicted molar refractivity (Wildman–Crippen MR) is 30.7 cm³/mol. The maximum atomic E-state index is 10.0. The number of rotatable bonds is 3. The lowest BCUT2D eigenvalue weighted by Crippen LogP contribution is -2.23. The summed E-state index contributed by atoms with van der Waals surface area (Å²) in [7, 11) is 0. The van der Waals surface area contributed by atoms with E-state index in [1.165, 1.54) is 0 Å². The SMILES string of the molecule is C=CC(OC(=O)O)C(=O)O. The molecule has 0 fully saturated rings. The third-order valence-corrected chi connectivity index (χ3v) is 0.685. The summed E-state index contributed by atoms with van der Waals surface area (Å²) in [4.78, 5) is 19.7. The van der Waals surface area contributed by atoms with Crippen LogP contribution in [0.3, 0.4) is 0 Å². The Labute approximate surface area is 56.5 Å². The fourth-order valence-electron chi connectivity index (χ4n) is 0.308. The molecular weight excluding hydrogens is 140 g/mol. The van der Waals surface area contributed by atoms with Crippen LogP contribution in [0.15, 0.2) is 12.7 Å². The summed E-state index contributed by atoms with van der Waals surface area (Å²) in [5, 5.41) is 16.1. The van der Waals surface area contributed by atoms with Crippen molar-refractivity contribution in [2.45, 2.75) is 6.10 Å². The van der Waals surface area contributed by atoms with Crippen LogP contribution in [0.4, 0.5) is 4.79 Å². The third-order valence-electron chi connectivity index (χ3n) is 0.685. The van der Waals surface area contributed by atoms with Crippen LogP contribution in [0.2, 0.25) is 0 Å². The Morgan fingerprint density at radius 3 is 2.10 bits per heavy atom. The third kappa shape index (κ3) is 2.71. The molecule has 5 nitrogen and oxygen atoms in total. The minimum atomic E-state index is -1.63. The zero-order chi connectivity index (χ0) is 8.15.